The number of hydrogen-bond donors (Lipinski definition) is 1. The third-order valence-electron chi connectivity index (χ3n) is 3.67. The number of hydrogen-bond acceptors (Lipinski definition) is 3. The molecule has 0 amide bonds. The van der Waals surface area contributed by atoms with Crippen LogP contribution in [0.5, 0.6) is 0 Å². The minimum atomic E-state index is -4.30. The summed E-state index contributed by atoms with van der Waals surface area (Å²) in [5, 5.41) is 3.28. The molecule has 1 heterocycles. The Kier molecular flexibility index (Phi) is 5.61. The topological polar surface area (TPSA) is 30.5 Å². The van der Waals surface area contributed by atoms with Crippen LogP contribution in [0.25, 0.3) is 0 Å². The molecular weight excluding hydrogens is 283 g/mol. The zero-order chi connectivity index (χ0) is 15.3. The van der Waals surface area contributed by atoms with Gasteiger partial charge in [-0.2, -0.15) is 13.2 Å². The first-order valence-corrected chi connectivity index (χ1v) is 7.01. The minimum Gasteiger partial charge on any atom is -0.383 e. The van der Waals surface area contributed by atoms with E-state index in [0.29, 0.717) is 13.2 Å². The van der Waals surface area contributed by atoms with Crippen LogP contribution in [0.4, 0.5) is 13.2 Å². The predicted molar refractivity (Wildman–Crippen MR) is 73.0 cm³/mol. The largest absolute Gasteiger partial charge is 0.416 e. The maximum absolute atomic E-state index is 12.6. The van der Waals surface area contributed by atoms with Gasteiger partial charge in [-0.1, -0.05) is 12.1 Å². The molecule has 1 aromatic carbocycles. The third-order valence-corrected chi connectivity index (χ3v) is 3.67. The van der Waals surface area contributed by atoms with Crippen molar-refractivity contribution < 1.29 is 22.6 Å². The Labute approximate surface area is 122 Å². The molecule has 6 heteroatoms. The standard InChI is InChI=1S/C15H20F3NO2/c1-20-9-7-19-10-12-6-8-21-14(12)11-2-4-13(5-3-11)15(16,17)18/h2-5,12,14,19H,6-10H2,1H3. The molecule has 0 bridgehead atoms. The van der Waals surface area contributed by atoms with E-state index in [1.165, 1.54) is 12.1 Å². The predicted octanol–water partition coefficient (Wildman–Crippen LogP) is 3.02. The van der Waals surface area contributed by atoms with Crippen molar-refractivity contribution in [1.29, 1.82) is 0 Å². The fourth-order valence-electron chi connectivity index (χ4n) is 2.53. The molecule has 0 saturated carbocycles. The summed E-state index contributed by atoms with van der Waals surface area (Å²) in [6, 6.07) is 5.26. The van der Waals surface area contributed by atoms with E-state index in [4.69, 9.17) is 9.47 Å². The van der Waals surface area contributed by atoms with Gasteiger partial charge in [0.1, 0.15) is 0 Å². The molecule has 118 valence electrons. The van der Waals surface area contributed by atoms with E-state index in [1.54, 1.807) is 7.11 Å². The minimum absolute atomic E-state index is 0.137. The summed E-state index contributed by atoms with van der Waals surface area (Å²) < 4.78 is 48.3. The van der Waals surface area contributed by atoms with E-state index in [-0.39, 0.29) is 12.0 Å². The fraction of sp³-hybridized carbons (Fsp3) is 0.600. The Balaban J connectivity index is 1.96. The zero-order valence-corrected chi connectivity index (χ0v) is 12.0. The summed E-state index contributed by atoms with van der Waals surface area (Å²) in [6.07, 6.45) is -3.52. The van der Waals surface area contributed by atoms with Crippen LogP contribution in [0.15, 0.2) is 24.3 Å². The van der Waals surface area contributed by atoms with E-state index < -0.39 is 11.7 Å². The lowest BCUT2D eigenvalue weighted by molar-refractivity contribution is -0.137. The maximum atomic E-state index is 12.6. The number of rotatable bonds is 6. The summed E-state index contributed by atoms with van der Waals surface area (Å²) >= 11 is 0. The molecule has 1 N–H and O–H groups in total. The van der Waals surface area contributed by atoms with Gasteiger partial charge in [0.15, 0.2) is 0 Å². The Hall–Kier alpha value is -1.11. The second-order valence-electron chi connectivity index (χ2n) is 5.16. The quantitative estimate of drug-likeness (QED) is 0.820. The molecule has 1 aliphatic rings. The van der Waals surface area contributed by atoms with Crippen LogP contribution in [0, 0.1) is 5.92 Å². The molecule has 3 nitrogen and oxygen atoms in total. The highest BCUT2D eigenvalue weighted by atomic mass is 19.4. The van der Waals surface area contributed by atoms with Crippen molar-refractivity contribution in [2.45, 2.75) is 18.7 Å². The van der Waals surface area contributed by atoms with Gasteiger partial charge in [-0.3, -0.25) is 0 Å². The van der Waals surface area contributed by atoms with E-state index in [0.717, 1.165) is 37.2 Å². The molecule has 0 aliphatic carbocycles. The molecule has 2 unspecified atom stereocenters. The molecule has 2 atom stereocenters. The summed E-state index contributed by atoms with van der Waals surface area (Å²) in [7, 11) is 1.64. The van der Waals surface area contributed by atoms with Crippen LogP contribution in [-0.4, -0.2) is 33.4 Å². The van der Waals surface area contributed by atoms with Crippen molar-refractivity contribution in [1.82, 2.24) is 5.32 Å². The number of methoxy groups -OCH3 is 1. The summed E-state index contributed by atoms with van der Waals surface area (Å²) in [4.78, 5) is 0. The first-order chi connectivity index (χ1) is 10.0. The van der Waals surface area contributed by atoms with Crippen LogP contribution in [0.2, 0.25) is 0 Å². The Bertz CT molecular complexity index is 434. The molecule has 0 spiro atoms. The van der Waals surface area contributed by atoms with Crippen molar-refractivity contribution in [3.05, 3.63) is 35.4 Å². The van der Waals surface area contributed by atoms with Gasteiger partial charge in [0.25, 0.3) is 0 Å². The molecule has 1 aromatic rings. The molecule has 2 rings (SSSR count). The lowest BCUT2D eigenvalue weighted by Crippen LogP contribution is -2.27. The highest BCUT2D eigenvalue weighted by Crippen LogP contribution is 2.36. The van der Waals surface area contributed by atoms with Gasteiger partial charge in [-0.05, 0) is 24.1 Å². The lowest BCUT2D eigenvalue weighted by atomic mass is 9.94. The summed E-state index contributed by atoms with van der Waals surface area (Å²) in [5.41, 5.74) is 0.179. The van der Waals surface area contributed by atoms with E-state index in [2.05, 4.69) is 5.32 Å². The molecule has 21 heavy (non-hydrogen) atoms. The van der Waals surface area contributed by atoms with Gasteiger partial charge < -0.3 is 14.8 Å². The van der Waals surface area contributed by atoms with Crippen molar-refractivity contribution in [2.24, 2.45) is 5.92 Å². The first-order valence-electron chi connectivity index (χ1n) is 7.01. The number of alkyl halides is 3. The van der Waals surface area contributed by atoms with E-state index >= 15 is 0 Å². The first kappa shape index (κ1) is 16.3. The summed E-state index contributed by atoms with van der Waals surface area (Å²) in [6.45, 7) is 2.81. The van der Waals surface area contributed by atoms with Gasteiger partial charge in [-0.15, -0.1) is 0 Å². The van der Waals surface area contributed by atoms with Gasteiger partial charge in [-0.25, -0.2) is 0 Å². The molecular formula is C15H20F3NO2. The normalized spacial score (nSPS) is 22.7. The Morgan fingerprint density at radius 2 is 2.00 bits per heavy atom. The van der Waals surface area contributed by atoms with Crippen LogP contribution >= 0.6 is 0 Å². The molecule has 0 radical (unpaired) electrons. The average Bonchev–Trinajstić information content (AvgIpc) is 2.91. The number of ether oxygens (including phenoxy) is 2. The number of benzene rings is 1. The second kappa shape index (κ2) is 7.24. The van der Waals surface area contributed by atoms with Crippen molar-refractivity contribution in [2.75, 3.05) is 33.4 Å². The third kappa shape index (κ3) is 4.43. The van der Waals surface area contributed by atoms with Crippen LogP contribution < -0.4 is 5.32 Å². The highest BCUT2D eigenvalue weighted by molar-refractivity contribution is 5.27. The maximum Gasteiger partial charge on any atom is 0.416 e. The van der Waals surface area contributed by atoms with Gasteiger partial charge in [0.05, 0.1) is 18.3 Å². The second-order valence-corrected chi connectivity index (χ2v) is 5.16. The number of halogens is 3. The summed E-state index contributed by atoms with van der Waals surface area (Å²) in [5.74, 6) is 0.276. The van der Waals surface area contributed by atoms with Crippen molar-refractivity contribution >= 4 is 0 Å². The molecule has 1 saturated heterocycles. The zero-order valence-electron chi connectivity index (χ0n) is 12.0. The van der Waals surface area contributed by atoms with Gasteiger partial charge in [0.2, 0.25) is 0 Å². The van der Waals surface area contributed by atoms with Crippen molar-refractivity contribution in [3.63, 3.8) is 0 Å². The van der Waals surface area contributed by atoms with Crippen LogP contribution in [-0.2, 0) is 15.7 Å². The molecule has 1 aliphatic heterocycles. The number of nitrogens with one attached hydrogen (secondary N) is 1. The Morgan fingerprint density at radius 3 is 2.62 bits per heavy atom. The SMILES string of the molecule is COCCNCC1CCOC1c1ccc(C(F)(F)F)cc1. The molecule has 1 fully saturated rings. The van der Waals surface area contributed by atoms with Gasteiger partial charge in [0, 0.05) is 32.7 Å². The average molecular weight is 303 g/mol. The fourth-order valence-corrected chi connectivity index (χ4v) is 2.53. The van der Waals surface area contributed by atoms with Crippen LogP contribution in [0.3, 0.4) is 0 Å². The van der Waals surface area contributed by atoms with E-state index in [9.17, 15) is 13.2 Å². The lowest BCUT2D eigenvalue weighted by Gasteiger charge is -2.20. The van der Waals surface area contributed by atoms with Crippen molar-refractivity contribution in [3.8, 4) is 0 Å². The highest BCUT2D eigenvalue weighted by Gasteiger charge is 2.32. The smallest absolute Gasteiger partial charge is 0.383 e. The van der Waals surface area contributed by atoms with E-state index in [1.807, 2.05) is 0 Å². The van der Waals surface area contributed by atoms with Gasteiger partial charge >= 0.3 is 6.18 Å². The van der Waals surface area contributed by atoms with Crippen LogP contribution in [0.1, 0.15) is 23.7 Å². The molecule has 0 aromatic heterocycles. The monoisotopic (exact) mass is 303 g/mol. The Morgan fingerprint density at radius 1 is 1.29 bits per heavy atom.